The van der Waals surface area contributed by atoms with Gasteiger partial charge in [-0.3, -0.25) is 9.59 Å². The molecule has 0 fully saturated rings. The molecule has 2 atom stereocenters. The van der Waals surface area contributed by atoms with Crippen LogP contribution in [0.15, 0.2) is 97.1 Å². The van der Waals surface area contributed by atoms with Crippen molar-refractivity contribution in [2.75, 3.05) is 5.32 Å². The molecule has 3 N–H and O–H groups in total. The minimum absolute atomic E-state index is 0.0945. The standard InChI is InChI=1S/C33H29N5O4/c39-31(26-12-6-10-23-9-4-5-11-25(23)26)34-24-15-13-22(14-16-24)19-27(33(41)42)35-32(40)28-17-18-29-36-37-30(38(28)29)20-21-7-2-1-3-8-21/h1-16,27-28H,17-20H2,(H,34,39)(H,35,40)(H,41,42). The maximum absolute atomic E-state index is 13.3. The molecular weight excluding hydrogens is 530 g/mol. The van der Waals surface area contributed by atoms with Gasteiger partial charge in [0.05, 0.1) is 0 Å². The smallest absolute Gasteiger partial charge is 0.326 e. The Morgan fingerprint density at radius 3 is 2.38 bits per heavy atom. The maximum atomic E-state index is 13.3. The van der Waals surface area contributed by atoms with Gasteiger partial charge >= 0.3 is 5.97 Å². The summed E-state index contributed by atoms with van der Waals surface area (Å²) in [5.74, 6) is -0.305. The van der Waals surface area contributed by atoms with E-state index in [9.17, 15) is 19.5 Å². The van der Waals surface area contributed by atoms with Crippen molar-refractivity contribution in [2.24, 2.45) is 0 Å². The molecule has 42 heavy (non-hydrogen) atoms. The third kappa shape index (κ3) is 5.62. The SMILES string of the molecule is O=C(Nc1ccc(CC(NC(=O)C2CCc3nnc(Cc4ccccc4)n32)C(=O)O)cc1)c1cccc2ccccc12. The normalized spacial score (nSPS) is 14.7. The van der Waals surface area contributed by atoms with Crippen LogP contribution >= 0.6 is 0 Å². The van der Waals surface area contributed by atoms with E-state index in [1.165, 1.54) is 0 Å². The van der Waals surface area contributed by atoms with Gasteiger partial charge in [-0.05, 0) is 46.5 Å². The number of aliphatic carboxylic acids is 1. The Kier molecular flexibility index (Phi) is 7.47. The first-order chi connectivity index (χ1) is 20.5. The third-order valence-electron chi connectivity index (χ3n) is 7.60. The van der Waals surface area contributed by atoms with Crippen LogP contribution in [0.2, 0.25) is 0 Å². The van der Waals surface area contributed by atoms with E-state index in [4.69, 9.17) is 0 Å². The first-order valence-corrected chi connectivity index (χ1v) is 13.8. The molecule has 5 aromatic rings. The Hall–Kier alpha value is -5.31. The summed E-state index contributed by atoms with van der Waals surface area (Å²) in [6, 6.07) is 28.4. The predicted octanol–water partition coefficient (Wildman–Crippen LogP) is 4.57. The van der Waals surface area contributed by atoms with Crippen LogP contribution in [0.1, 0.15) is 45.6 Å². The van der Waals surface area contributed by atoms with Gasteiger partial charge in [-0.15, -0.1) is 10.2 Å². The quantitative estimate of drug-likeness (QED) is 0.243. The van der Waals surface area contributed by atoms with Gasteiger partial charge < -0.3 is 20.3 Å². The van der Waals surface area contributed by atoms with Crippen LogP contribution in [0.25, 0.3) is 10.8 Å². The second kappa shape index (κ2) is 11.7. The number of rotatable bonds is 9. The Morgan fingerprint density at radius 1 is 0.857 bits per heavy atom. The van der Waals surface area contributed by atoms with E-state index >= 15 is 0 Å². The van der Waals surface area contributed by atoms with Crippen LogP contribution in [0.5, 0.6) is 0 Å². The number of carbonyl (C=O) groups is 3. The molecule has 4 aromatic carbocycles. The number of anilines is 1. The Balaban J connectivity index is 1.11. The lowest BCUT2D eigenvalue weighted by Gasteiger charge is -2.20. The molecule has 0 saturated heterocycles. The van der Waals surface area contributed by atoms with Gasteiger partial charge in [-0.1, -0.05) is 78.9 Å². The number of aryl methyl sites for hydroxylation is 1. The summed E-state index contributed by atoms with van der Waals surface area (Å²) in [6.07, 6.45) is 1.76. The van der Waals surface area contributed by atoms with E-state index in [2.05, 4.69) is 20.8 Å². The van der Waals surface area contributed by atoms with Crippen molar-refractivity contribution in [2.45, 2.75) is 37.8 Å². The van der Waals surface area contributed by atoms with Crippen molar-refractivity contribution < 1.29 is 19.5 Å². The number of nitrogens with zero attached hydrogens (tertiary/aromatic N) is 3. The number of nitrogens with one attached hydrogen (secondary N) is 2. The fourth-order valence-corrected chi connectivity index (χ4v) is 5.48. The zero-order valence-electron chi connectivity index (χ0n) is 22.7. The highest BCUT2D eigenvalue weighted by Crippen LogP contribution is 2.28. The fourth-order valence-electron chi connectivity index (χ4n) is 5.48. The summed E-state index contributed by atoms with van der Waals surface area (Å²) in [4.78, 5) is 38.4. The number of carbonyl (C=O) groups excluding carboxylic acids is 2. The predicted molar refractivity (Wildman–Crippen MR) is 158 cm³/mol. The van der Waals surface area contributed by atoms with Gasteiger partial charge in [-0.25, -0.2) is 4.79 Å². The molecule has 210 valence electrons. The molecule has 2 heterocycles. The lowest BCUT2D eigenvalue weighted by Crippen LogP contribution is -2.45. The number of benzene rings is 4. The summed E-state index contributed by atoms with van der Waals surface area (Å²) in [6.45, 7) is 0. The highest BCUT2D eigenvalue weighted by Gasteiger charge is 2.34. The van der Waals surface area contributed by atoms with E-state index in [0.29, 0.717) is 41.9 Å². The van der Waals surface area contributed by atoms with E-state index < -0.39 is 18.1 Å². The van der Waals surface area contributed by atoms with Gasteiger partial charge in [-0.2, -0.15) is 0 Å². The van der Waals surface area contributed by atoms with Crippen LogP contribution < -0.4 is 10.6 Å². The Labute approximate surface area is 242 Å². The summed E-state index contributed by atoms with van der Waals surface area (Å²) in [7, 11) is 0. The summed E-state index contributed by atoms with van der Waals surface area (Å²) >= 11 is 0. The molecule has 9 heteroatoms. The number of carboxylic acids is 1. The maximum Gasteiger partial charge on any atom is 0.326 e. The fraction of sp³-hybridized carbons (Fsp3) is 0.182. The number of aromatic nitrogens is 3. The molecule has 2 amide bonds. The van der Waals surface area contributed by atoms with Gasteiger partial charge in [0.25, 0.3) is 5.91 Å². The van der Waals surface area contributed by atoms with E-state index in [1.807, 2.05) is 71.3 Å². The molecule has 0 aliphatic carbocycles. The second-order valence-electron chi connectivity index (χ2n) is 10.4. The van der Waals surface area contributed by atoms with E-state index in [1.54, 1.807) is 30.3 Å². The number of hydrogen-bond donors (Lipinski definition) is 3. The summed E-state index contributed by atoms with van der Waals surface area (Å²) < 4.78 is 1.84. The number of hydrogen-bond acceptors (Lipinski definition) is 5. The zero-order chi connectivity index (χ0) is 29.1. The molecule has 1 aromatic heterocycles. The average Bonchev–Trinajstić information content (AvgIpc) is 3.61. The summed E-state index contributed by atoms with van der Waals surface area (Å²) in [5, 5.41) is 26.0. The number of carboxylic acid groups (broad SMARTS) is 1. The summed E-state index contributed by atoms with van der Waals surface area (Å²) in [5.41, 5.74) is 2.93. The monoisotopic (exact) mass is 559 g/mol. The molecule has 0 bridgehead atoms. The van der Waals surface area contributed by atoms with E-state index in [-0.39, 0.29) is 18.2 Å². The van der Waals surface area contributed by atoms with Crippen LogP contribution in [0.3, 0.4) is 0 Å². The minimum atomic E-state index is -1.12. The second-order valence-corrected chi connectivity index (χ2v) is 10.4. The molecule has 1 aliphatic heterocycles. The molecule has 9 nitrogen and oxygen atoms in total. The van der Waals surface area contributed by atoms with Gasteiger partial charge in [0, 0.05) is 30.5 Å². The molecule has 2 unspecified atom stereocenters. The molecule has 1 aliphatic rings. The van der Waals surface area contributed by atoms with Crippen LogP contribution in [-0.4, -0.2) is 43.7 Å². The van der Waals surface area contributed by atoms with Gasteiger partial charge in [0.1, 0.15) is 23.7 Å². The highest BCUT2D eigenvalue weighted by atomic mass is 16.4. The third-order valence-corrected chi connectivity index (χ3v) is 7.60. The van der Waals surface area contributed by atoms with Crippen LogP contribution in [0, 0.1) is 0 Å². The largest absolute Gasteiger partial charge is 0.480 e. The average molecular weight is 560 g/mol. The minimum Gasteiger partial charge on any atom is -0.480 e. The first kappa shape index (κ1) is 26.9. The van der Waals surface area contributed by atoms with Crippen molar-refractivity contribution in [3.05, 3.63) is 125 Å². The van der Waals surface area contributed by atoms with Gasteiger partial charge in [0.2, 0.25) is 5.91 Å². The molecule has 0 spiro atoms. The number of amides is 2. The molecule has 6 rings (SSSR count). The van der Waals surface area contributed by atoms with Crippen molar-refractivity contribution >= 4 is 34.2 Å². The topological polar surface area (TPSA) is 126 Å². The lowest BCUT2D eigenvalue weighted by molar-refractivity contribution is -0.142. The lowest BCUT2D eigenvalue weighted by atomic mass is 10.0. The Bertz CT molecular complexity index is 1760. The van der Waals surface area contributed by atoms with Crippen LogP contribution in [0.4, 0.5) is 5.69 Å². The van der Waals surface area contributed by atoms with Crippen molar-refractivity contribution in [3.63, 3.8) is 0 Å². The van der Waals surface area contributed by atoms with Crippen molar-refractivity contribution in [3.8, 4) is 0 Å². The molecule has 0 saturated carbocycles. The Morgan fingerprint density at radius 2 is 1.60 bits per heavy atom. The zero-order valence-corrected chi connectivity index (χ0v) is 22.7. The molecule has 0 radical (unpaired) electrons. The molecular formula is C33H29N5O4. The number of fused-ring (bicyclic) bond motifs is 2. The van der Waals surface area contributed by atoms with Crippen molar-refractivity contribution in [1.29, 1.82) is 0 Å². The highest BCUT2D eigenvalue weighted by molar-refractivity contribution is 6.12. The first-order valence-electron chi connectivity index (χ1n) is 13.8. The van der Waals surface area contributed by atoms with Crippen molar-refractivity contribution in [1.82, 2.24) is 20.1 Å². The van der Waals surface area contributed by atoms with Gasteiger partial charge in [0.15, 0.2) is 0 Å². The van der Waals surface area contributed by atoms with E-state index in [0.717, 1.165) is 22.2 Å². The van der Waals surface area contributed by atoms with Crippen LogP contribution in [-0.2, 0) is 28.9 Å².